The van der Waals surface area contributed by atoms with Crippen LogP contribution in [0.1, 0.15) is 46.0 Å². The molecule has 0 aliphatic carbocycles. The van der Waals surface area contributed by atoms with Crippen molar-refractivity contribution in [2.75, 3.05) is 20.3 Å². The molecule has 5 nitrogen and oxygen atoms in total. The van der Waals surface area contributed by atoms with Crippen molar-refractivity contribution >= 4 is 5.97 Å². The molecule has 1 N–H and O–H groups in total. The monoisotopic (exact) mass is 285 g/mol. The van der Waals surface area contributed by atoms with Crippen LogP contribution in [0.2, 0.25) is 0 Å². The third kappa shape index (κ3) is 2.59. The van der Waals surface area contributed by atoms with Crippen LogP contribution < -0.4 is 0 Å². The lowest BCUT2D eigenvalue weighted by molar-refractivity contribution is -0.173. The summed E-state index contributed by atoms with van der Waals surface area (Å²) >= 11 is 0. The van der Waals surface area contributed by atoms with E-state index in [9.17, 15) is 9.90 Å². The minimum absolute atomic E-state index is 0.104. The predicted molar refractivity (Wildman–Crippen MR) is 75.4 cm³/mol. The first-order valence-corrected chi connectivity index (χ1v) is 7.76. The van der Waals surface area contributed by atoms with Gasteiger partial charge in [0, 0.05) is 13.2 Å². The first-order valence-electron chi connectivity index (χ1n) is 7.76. The number of nitrogens with zero attached hydrogens (tertiary/aromatic N) is 1. The van der Waals surface area contributed by atoms with Crippen molar-refractivity contribution in [1.82, 2.24) is 4.90 Å². The summed E-state index contributed by atoms with van der Waals surface area (Å²) in [6, 6.07) is 0.132. The second kappa shape index (κ2) is 6.41. The number of hydrogen-bond acceptors (Lipinski definition) is 5. The Morgan fingerprint density at radius 3 is 2.75 bits per heavy atom. The largest absolute Gasteiger partial charge is 0.464 e. The second-order valence-corrected chi connectivity index (χ2v) is 5.82. The molecule has 0 bridgehead atoms. The fourth-order valence-corrected chi connectivity index (χ4v) is 3.77. The fourth-order valence-electron chi connectivity index (χ4n) is 3.77. The van der Waals surface area contributed by atoms with Gasteiger partial charge < -0.3 is 14.6 Å². The molecule has 1 unspecified atom stereocenters. The third-order valence-electron chi connectivity index (χ3n) is 4.90. The van der Waals surface area contributed by atoms with E-state index < -0.39 is 11.6 Å². The average molecular weight is 285 g/mol. The summed E-state index contributed by atoms with van der Waals surface area (Å²) < 4.78 is 10.7. The molecule has 2 saturated heterocycles. The van der Waals surface area contributed by atoms with Gasteiger partial charge in [0.25, 0.3) is 0 Å². The Kier molecular flexibility index (Phi) is 5.04. The highest BCUT2D eigenvalue weighted by Gasteiger charge is 2.54. The Morgan fingerprint density at radius 1 is 1.40 bits per heavy atom. The molecule has 0 aromatic rings. The highest BCUT2D eigenvalue weighted by Crippen LogP contribution is 2.39. The highest BCUT2D eigenvalue weighted by molar-refractivity contribution is 5.80. The summed E-state index contributed by atoms with van der Waals surface area (Å²) in [7, 11) is 1.72. The van der Waals surface area contributed by atoms with Gasteiger partial charge in [-0.15, -0.1) is 0 Å². The Morgan fingerprint density at radius 2 is 2.15 bits per heavy atom. The van der Waals surface area contributed by atoms with E-state index in [2.05, 4.69) is 4.90 Å². The molecule has 2 fully saturated rings. The lowest BCUT2D eigenvalue weighted by Crippen LogP contribution is -2.57. The number of piperidine rings is 1. The van der Waals surface area contributed by atoms with Crippen molar-refractivity contribution in [3.63, 3.8) is 0 Å². The minimum atomic E-state index is -1.42. The van der Waals surface area contributed by atoms with Gasteiger partial charge in [-0.1, -0.05) is 13.3 Å². The maximum absolute atomic E-state index is 12.2. The molecule has 5 heteroatoms. The maximum atomic E-state index is 12.2. The molecular formula is C15H27NO4. The zero-order valence-electron chi connectivity index (χ0n) is 12.8. The van der Waals surface area contributed by atoms with Crippen LogP contribution in [0.3, 0.4) is 0 Å². The van der Waals surface area contributed by atoms with Gasteiger partial charge in [0.2, 0.25) is 0 Å². The van der Waals surface area contributed by atoms with Gasteiger partial charge in [0.15, 0.2) is 5.60 Å². The molecule has 20 heavy (non-hydrogen) atoms. The van der Waals surface area contributed by atoms with E-state index in [4.69, 9.17) is 9.47 Å². The number of fused-ring (bicyclic) bond motifs is 1. The number of rotatable bonds is 5. The van der Waals surface area contributed by atoms with Crippen LogP contribution in [-0.4, -0.2) is 60.0 Å². The third-order valence-corrected chi connectivity index (χ3v) is 4.90. The summed E-state index contributed by atoms with van der Waals surface area (Å²) in [4.78, 5) is 14.5. The number of carbonyl (C=O) groups is 1. The molecule has 2 rings (SSSR count). The second-order valence-electron chi connectivity index (χ2n) is 5.82. The Labute approximate surface area is 121 Å². The van der Waals surface area contributed by atoms with Crippen molar-refractivity contribution in [3.8, 4) is 0 Å². The highest BCUT2D eigenvalue weighted by atomic mass is 16.5. The standard InChI is InChI=1S/C15H27NO4/c1-4-15(18,14(17)20-5-2)13-10-12(19-3)11-8-6-7-9-16(11)13/h11-13,18H,4-10H2,1-3H3/t11-,12-,13-,15?/m1/s1. The Balaban J connectivity index is 2.22. The molecule has 0 radical (unpaired) electrons. The number of hydrogen-bond donors (Lipinski definition) is 1. The van der Waals surface area contributed by atoms with Crippen molar-refractivity contribution < 1.29 is 19.4 Å². The normalized spacial score (nSPS) is 33.5. The maximum Gasteiger partial charge on any atom is 0.339 e. The number of ether oxygens (including phenoxy) is 2. The van der Waals surface area contributed by atoms with Crippen molar-refractivity contribution in [3.05, 3.63) is 0 Å². The number of esters is 1. The molecule has 2 heterocycles. The molecular weight excluding hydrogens is 258 g/mol. The Bertz CT molecular complexity index is 349. The van der Waals surface area contributed by atoms with Crippen LogP contribution in [0.5, 0.6) is 0 Å². The Hall–Kier alpha value is -0.650. The molecule has 0 amide bonds. The van der Waals surface area contributed by atoms with Crippen LogP contribution in [0.15, 0.2) is 0 Å². The van der Waals surface area contributed by atoms with E-state index in [1.165, 1.54) is 6.42 Å². The van der Waals surface area contributed by atoms with Crippen molar-refractivity contribution in [2.45, 2.75) is 69.7 Å². The number of carbonyl (C=O) groups excluding carboxylic acids is 1. The van der Waals surface area contributed by atoms with E-state index in [1.54, 1.807) is 14.0 Å². The van der Waals surface area contributed by atoms with Gasteiger partial charge >= 0.3 is 5.97 Å². The van der Waals surface area contributed by atoms with Crippen LogP contribution in [-0.2, 0) is 14.3 Å². The van der Waals surface area contributed by atoms with Gasteiger partial charge in [-0.05, 0) is 39.2 Å². The summed E-state index contributed by atoms with van der Waals surface area (Å²) in [6.45, 7) is 4.84. The summed E-state index contributed by atoms with van der Waals surface area (Å²) in [5.41, 5.74) is -1.42. The van der Waals surface area contributed by atoms with Crippen LogP contribution >= 0.6 is 0 Å². The topological polar surface area (TPSA) is 59.0 Å². The predicted octanol–water partition coefficient (Wildman–Crippen LogP) is 1.33. The zero-order chi connectivity index (χ0) is 14.8. The van der Waals surface area contributed by atoms with E-state index in [0.717, 1.165) is 19.4 Å². The van der Waals surface area contributed by atoms with Crippen LogP contribution in [0.25, 0.3) is 0 Å². The van der Waals surface area contributed by atoms with Gasteiger partial charge in [0.05, 0.1) is 18.8 Å². The number of aliphatic hydroxyl groups is 1. The zero-order valence-corrected chi connectivity index (χ0v) is 12.8. The minimum Gasteiger partial charge on any atom is -0.464 e. The quantitative estimate of drug-likeness (QED) is 0.772. The van der Waals surface area contributed by atoms with E-state index in [-0.39, 0.29) is 12.1 Å². The van der Waals surface area contributed by atoms with Gasteiger partial charge in [-0.2, -0.15) is 0 Å². The molecule has 0 aromatic carbocycles. The molecule has 116 valence electrons. The van der Waals surface area contributed by atoms with Crippen molar-refractivity contribution in [2.24, 2.45) is 0 Å². The number of methoxy groups -OCH3 is 1. The smallest absolute Gasteiger partial charge is 0.339 e. The van der Waals surface area contributed by atoms with Crippen LogP contribution in [0.4, 0.5) is 0 Å². The van der Waals surface area contributed by atoms with Gasteiger partial charge in [0.1, 0.15) is 0 Å². The van der Waals surface area contributed by atoms with E-state index in [1.807, 2.05) is 6.92 Å². The molecule has 4 atom stereocenters. The molecule has 0 spiro atoms. The summed E-state index contributed by atoms with van der Waals surface area (Å²) in [6.07, 6.45) is 4.56. The molecule has 2 aliphatic heterocycles. The molecule has 2 aliphatic rings. The lowest BCUT2D eigenvalue weighted by Gasteiger charge is -2.40. The first kappa shape index (κ1) is 15.7. The SMILES string of the molecule is CCOC(=O)C(O)(CC)[C@H]1C[C@@H](OC)[C@H]2CCCCN21. The van der Waals surface area contributed by atoms with Gasteiger partial charge in [-0.25, -0.2) is 4.79 Å². The lowest BCUT2D eigenvalue weighted by atomic mass is 9.89. The molecule has 0 saturated carbocycles. The fraction of sp³-hybridized carbons (Fsp3) is 0.933. The van der Waals surface area contributed by atoms with E-state index >= 15 is 0 Å². The van der Waals surface area contributed by atoms with Crippen LogP contribution in [0, 0.1) is 0 Å². The summed E-state index contributed by atoms with van der Waals surface area (Å²) in [5, 5.41) is 10.9. The molecule has 0 aromatic heterocycles. The van der Waals surface area contributed by atoms with Gasteiger partial charge in [-0.3, -0.25) is 4.90 Å². The van der Waals surface area contributed by atoms with Crippen molar-refractivity contribution in [1.29, 1.82) is 0 Å². The first-order chi connectivity index (χ1) is 9.58. The summed E-state index contributed by atoms with van der Waals surface area (Å²) in [5.74, 6) is -0.492. The van der Waals surface area contributed by atoms with E-state index in [0.29, 0.717) is 25.5 Å². The average Bonchev–Trinajstić information content (AvgIpc) is 2.86.